The second kappa shape index (κ2) is 9.05. The molecule has 186 valence electrons. The largest absolute Gasteiger partial charge is 0.442 e. The van der Waals surface area contributed by atoms with Crippen LogP contribution in [0, 0.1) is 5.82 Å². The Bertz CT molecular complexity index is 1580. The van der Waals surface area contributed by atoms with Crippen LogP contribution < -0.4 is 11.3 Å². The van der Waals surface area contributed by atoms with E-state index in [0.717, 1.165) is 38.9 Å². The Kier molecular flexibility index (Phi) is 5.72. The van der Waals surface area contributed by atoms with E-state index in [9.17, 15) is 18.8 Å². The number of benzene rings is 2. The number of aromatic nitrogens is 1. The third kappa shape index (κ3) is 4.03. The van der Waals surface area contributed by atoms with Crippen molar-refractivity contribution < 1.29 is 18.1 Å². The molecule has 4 aromatic rings. The van der Waals surface area contributed by atoms with Crippen molar-refractivity contribution >= 4 is 22.5 Å². The summed E-state index contributed by atoms with van der Waals surface area (Å²) >= 11 is 0. The summed E-state index contributed by atoms with van der Waals surface area (Å²) in [5.41, 5.74) is 1.69. The highest BCUT2D eigenvalue weighted by Gasteiger charge is 2.29. The highest BCUT2D eigenvalue weighted by Crippen LogP contribution is 2.37. The van der Waals surface area contributed by atoms with Gasteiger partial charge in [-0.2, -0.15) is 0 Å². The van der Waals surface area contributed by atoms with Gasteiger partial charge in [0.2, 0.25) is 11.6 Å². The minimum absolute atomic E-state index is 0.000648. The fourth-order valence-corrected chi connectivity index (χ4v) is 5.63. The van der Waals surface area contributed by atoms with E-state index in [2.05, 4.69) is 17.0 Å². The van der Waals surface area contributed by atoms with Crippen molar-refractivity contribution in [3.8, 4) is 0 Å². The van der Waals surface area contributed by atoms with Gasteiger partial charge in [-0.3, -0.25) is 4.79 Å². The van der Waals surface area contributed by atoms with E-state index in [4.69, 9.17) is 8.94 Å². The number of piperidine rings is 1. The van der Waals surface area contributed by atoms with Crippen LogP contribution in [0.2, 0.25) is 0 Å². The molecular formula is C27H26FN3O5. The number of rotatable bonds is 4. The number of halogens is 1. The lowest BCUT2D eigenvalue weighted by Gasteiger charge is -2.33. The van der Waals surface area contributed by atoms with Crippen molar-refractivity contribution in [3.05, 3.63) is 85.8 Å². The fraction of sp³-hybridized carbons (Fsp3) is 0.370. The first-order chi connectivity index (χ1) is 17.5. The summed E-state index contributed by atoms with van der Waals surface area (Å²) in [5, 5.41) is 0.575. The summed E-state index contributed by atoms with van der Waals surface area (Å²) in [6, 6.07) is 12.5. The molecule has 1 amide bonds. The maximum Gasteiger partial charge on any atom is 0.442 e. The van der Waals surface area contributed by atoms with Crippen molar-refractivity contribution in [3.63, 3.8) is 0 Å². The van der Waals surface area contributed by atoms with Crippen LogP contribution in [-0.4, -0.2) is 46.5 Å². The van der Waals surface area contributed by atoms with Gasteiger partial charge < -0.3 is 18.7 Å². The third-order valence-electron chi connectivity index (χ3n) is 7.53. The molecule has 1 saturated heterocycles. The first-order valence-electron chi connectivity index (χ1n) is 12.3. The summed E-state index contributed by atoms with van der Waals surface area (Å²) in [6.07, 6.45) is 2.86. The number of carbonyl (C=O) groups is 1. The average molecular weight is 492 g/mol. The smallest absolute Gasteiger partial charge is 0.397 e. The number of carbonyl (C=O) groups excluding carboxylic acids is 1. The lowest BCUT2D eigenvalue weighted by Crippen LogP contribution is -2.39. The van der Waals surface area contributed by atoms with Crippen LogP contribution in [-0.2, 0) is 17.8 Å². The molecule has 2 aliphatic rings. The topological polar surface area (TPSA) is 88.4 Å². The van der Waals surface area contributed by atoms with Gasteiger partial charge in [0.05, 0.1) is 5.52 Å². The van der Waals surface area contributed by atoms with Crippen LogP contribution in [0.3, 0.4) is 0 Å². The first-order valence-corrected chi connectivity index (χ1v) is 12.3. The molecule has 2 aromatic heterocycles. The normalized spacial score (nSPS) is 17.1. The van der Waals surface area contributed by atoms with Gasteiger partial charge in [-0.1, -0.05) is 24.3 Å². The molecule has 0 atom stereocenters. The molecule has 0 radical (unpaired) electrons. The van der Waals surface area contributed by atoms with Gasteiger partial charge in [0.15, 0.2) is 0 Å². The van der Waals surface area contributed by atoms with Gasteiger partial charge in [-0.05, 0) is 67.6 Å². The van der Waals surface area contributed by atoms with Crippen LogP contribution in [0.5, 0.6) is 0 Å². The predicted octanol–water partition coefficient (Wildman–Crippen LogP) is 3.29. The molecular weight excluding hydrogens is 465 g/mol. The number of hydrogen-bond donors (Lipinski definition) is 0. The monoisotopic (exact) mass is 491 g/mol. The summed E-state index contributed by atoms with van der Waals surface area (Å²) < 4.78 is 25.8. The Morgan fingerprint density at radius 3 is 2.58 bits per heavy atom. The van der Waals surface area contributed by atoms with Gasteiger partial charge in [0, 0.05) is 37.0 Å². The van der Waals surface area contributed by atoms with Crippen LogP contribution >= 0.6 is 0 Å². The molecule has 2 aliphatic heterocycles. The Morgan fingerprint density at radius 2 is 1.78 bits per heavy atom. The van der Waals surface area contributed by atoms with E-state index < -0.39 is 17.1 Å². The second-order valence-electron chi connectivity index (χ2n) is 9.64. The number of fused-ring (bicyclic) bond motifs is 4. The molecule has 8 nitrogen and oxygen atoms in total. The van der Waals surface area contributed by atoms with Crippen molar-refractivity contribution in [2.45, 2.75) is 38.1 Å². The predicted molar refractivity (Wildman–Crippen MR) is 131 cm³/mol. The minimum Gasteiger partial charge on any atom is -0.397 e. The summed E-state index contributed by atoms with van der Waals surface area (Å²) in [5.74, 6) is -0.246. The lowest BCUT2D eigenvalue weighted by atomic mass is 9.89. The molecule has 0 spiro atoms. The van der Waals surface area contributed by atoms with Crippen molar-refractivity contribution in [1.29, 1.82) is 0 Å². The van der Waals surface area contributed by atoms with Crippen LogP contribution in [0.15, 0.2) is 61.0 Å². The lowest BCUT2D eigenvalue weighted by molar-refractivity contribution is -0.132. The molecule has 0 aliphatic carbocycles. The highest BCUT2D eigenvalue weighted by atomic mass is 19.1. The van der Waals surface area contributed by atoms with Crippen molar-refractivity contribution in [2.24, 2.45) is 0 Å². The summed E-state index contributed by atoms with van der Waals surface area (Å²) in [7, 11) is 0. The Morgan fingerprint density at radius 1 is 1.00 bits per heavy atom. The Balaban J connectivity index is 1.14. The Hall–Kier alpha value is -3.72. The van der Waals surface area contributed by atoms with E-state index in [0.29, 0.717) is 36.0 Å². The molecule has 9 heteroatoms. The number of nitrogens with zero attached hydrogens (tertiary/aromatic N) is 3. The highest BCUT2D eigenvalue weighted by molar-refractivity contribution is 5.90. The quantitative estimate of drug-likeness (QED) is 0.407. The SMILES string of the molecule is O=C(CCN1CCC(c2c3cc(F)ccc3n3oc(=O)c(=O)oc23)CC1)N1CCc2ccccc2C1. The van der Waals surface area contributed by atoms with Gasteiger partial charge in [-0.15, -0.1) is 4.57 Å². The van der Waals surface area contributed by atoms with E-state index in [1.54, 1.807) is 0 Å². The number of amides is 1. The molecule has 2 aromatic carbocycles. The van der Waals surface area contributed by atoms with E-state index >= 15 is 0 Å². The van der Waals surface area contributed by atoms with Gasteiger partial charge >= 0.3 is 11.3 Å². The number of likely N-dealkylation sites (tertiary alicyclic amines) is 1. The molecule has 36 heavy (non-hydrogen) atoms. The van der Waals surface area contributed by atoms with Gasteiger partial charge in [-0.25, -0.2) is 14.0 Å². The van der Waals surface area contributed by atoms with Crippen LogP contribution in [0.4, 0.5) is 4.39 Å². The molecule has 4 heterocycles. The van der Waals surface area contributed by atoms with Crippen LogP contribution in [0.1, 0.15) is 41.9 Å². The molecule has 0 N–H and O–H groups in total. The third-order valence-corrected chi connectivity index (χ3v) is 7.53. The molecule has 0 unspecified atom stereocenters. The molecule has 1 fully saturated rings. The molecule has 0 saturated carbocycles. The van der Waals surface area contributed by atoms with Crippen molar-refractivity contribution in [1.82, 2.24) is 14.4 Å². The fourth-order valence-electron chi connectivity index (χ4n) is 5.63. The van der Waals surface area contributed by atoms with E-state index in [-0.39, 0.29) is 17.5 Å². The standard InChI is InChI=1S/C27H26FN3O5/c28-20-5-6-22-21(15-20)24(25-31(22)36-27(34)26(33)35-25)18-7-11-29(12-8-18)13-10-23(32)30-14-9-17-3-1-2-4-19(17)16-30/h1-6,15,18H,7-14,16H2. The summed E-state index contributed by atoms with van der Waals surface area (Å²) in [6.45, 7) is 3.62. The van der Waals surface area contributed by atoms with Gasteiger partial charge in [0.1, 0.15) is 5.82 Å². The zero-order chi connectivity index (χ0) is 24.8. The van der Waals surface area contributed by atoms with Crippen molar-refractivity contribution in [2.75, 3.05) is 26.2 Å². The first kappa shape index (κ1) is 22.7. The Labute approximate surface area is 205 Å². The zero-order valence-corrected chi connectivity index (χ0v) is 19.7. The summed E-state index contributed by atoms with van der Waals surface area (Å²) in [4.78, 5) is 40.8. The van der Waals surface area contributed by atoms with Gasteiger partial charge in [0.25, 0.3) is 0 Å². The second-order valence-corrected chi connectivity index (χ2v) is 9.64. The van der Waals surface area contributed by atoms with E-state index in [1.807, 2.05) is 17.0 Å². The maximum atomic E-state index is 14.1. The molecule has 6 rings (SSSR count). The molecule has 0 bridgehead atoms. The number of hydrogen-bond acceptors (Lipinski definition) is 6. The van der Waals surface area contributed by atoms with Crippen LogP contribution in [0.25, 0.3) is 16.6 Å². The maximum absolute atomic E-state index is 14.1. The van der Waals surface area contributed by atoms with E-state index in [1.165, 1.54) is 33.9 Å². The zero-order valence-electron chi connectivity index (χ0n) is 19.7. The minimum atomic E-state index is -1.10. The average Bonchev–Trinajstić information content (AvgIpc) is 3.19.